The molecule has 57 heavy (non-hydrogen) atoms. The van der Waals surface area contributed by atoms with E-state index in [9.17, 15) is 0 Å². The first-order chi connectivity index (χ1) is 28.0. The van der Waals surface area contributed by atoms with E-state index in [0.29, 0.717) is 0 Å². The third-order valence-electron chi connectivity index (χ3n) is 13.3. The van der Waals surface area contributed by atoms with Crippen molar-refractivity contribution in [3.05, 3.63) is 234 Å². The SMILES string of the molecule is CC1(C)c2ccccc2-c2ccc(N(c3cccc(-c4ccc5ccccc5c4)c3)c3cccc4c3-c3ccccc3C43c4ccccc4-c4ccccc43)cc21. The van der Waals surface area contributed by atoms with Gasteiger partial charge in [-0.15, -0.1) is 0 Å². The van der Waals surface area contributed by atoms with Gasteiger partial charge in [0, 0.05) is 22.4 Å². The van der Waals surface area contributed by atoms with Crippen LogP contribution in [0.15, 0.2) is 200 Å². The van der Waals surface area contributed by atoms with Crippen molar-refractivity contribution in [3.63, 3.8) is 0 Å². The van der Waals surface area contributed by atoms with Crippen LogP contribution in [0, 0.1) is 0 Å². The van der Waals surface area contributed by atoms with Gasteiger partial charge in [0.1, 0.15) is 0 Å². The zero-order valence-corrected chi connectivity index (χ0v) is 32.0. The average molecular weight is 726 g/mol. The molecule has 1 nitrogen and oxygen atoms in total. The molecular weight excluding hydrogens is 687 g/mol. The fourth-order valence-corrected chi connectivity index (χ4v) is 10.8. The summed E-state index contributed by atoms with van der Waals surface area (Å²) in [6.45, 7) is 4.75. The van der Waals surface area contributed by atoms with E-state index in [-0.39, 0.29) is 5.41 Å². The Hall–Kier alpha value is -6.96. The zero-order valence-electron chi connectivity index (χ0n) is 32.0. The minimum Gasteiger partial charge on any atom is -0.310 e. The van der Waals surface area contributed by atoms with E-state index in [1.807, 2.05) is 0 Å². The van der Waals surface area contributed by atoms with Crippen LogP contribution in [0.3, 0.4) is 0 Å². The molecule has 3 aliphatic rings. The van der Waals surface area contributed by atoms with Gasteiger partial charge in [-0.3, -0.25) is 0 Å². The summed E-state index contributed by atoms with van der Waals surface area (Å²) in [4.78, 5) is 2.53. The number of benzene rings is 9. The third kappa shape index (κ3) is 4.34. The molecule has 268 valence electrons. The van der Waals surface area contributed by atoms with E-state index >= 15 is 0 Å². The lowest BCUT2D eigenvalue weighted by Gasteiger charge is -2.32. The monoisotopic (exact) mass is 725 g/mol. The number of nitrogens with zero attached hydrogens (tertiary/aromatic N) is 1. The molecule has 0 heterocycles. The minimum atomic E-state index is -0.421. The number of fused-ring (bicyclic) bond motifs is 14. The molecule has 1 spiro atoms. The van der Waals surface area contributed by atoms with Crippen LogP contribution in [0.25, 0.3) is 55.3 Å². The zero-order chi connectivity index (χ0) is 37.9. The second kappa shape index (κ2) is 11.8. The molecule has 0 unspecified atom stereocenters. The first-order valence-electron chi connectivity index (χ1n) is 20.1. The van der Waals surface area contributed by atoms with Crippen molar-refractivity contribution < 1.29 is 0 Å². The molecule has 9 aromatic carbocycles. The Kier molecular flexibility index (Phi) is 6.67. The highest BCUT2D eigenvalue weighted by molar-refractivity contribution is 6.01. The van der Waals surface area contributed by atoms with Crippen molar-refractivity contribution in [3.8, 4) is 44.5 Å². The van der Waals surface area contributed by atoms with Gasteiger partial charge in [0.25, 0.3) is 0 Å². The maximum atomic E-state index is 2.53. The van der Waals surface area contributed by atoms with Gasteiger partial charge < -0.3 is 4.90 Å². The molecule has 0 radical (unpaired) electrons. The fraction of sp³-hybridized carbons (Fsp3) is 0.0714. The Labute approximate surface area is 334 Å². The Morgan fingerprint density at radius 1 is 0.333 bits per heavy atom. The highest BCUT2D eigenvalue weighted by Gasteiger charge is 2.52. The quantitative estimate of drug-likeness (QED) is 0.175. The normalized spacial score (nSPS) is 14.4. The summed E-state index contributed by atoms with van der Waals surface area (Å²) in [5, 5.41) is 2.50. The van der Waals surface area contributed by atoms with Crippen LogP contribution in [-0.2, 0) is 10.8 Å². The van der Waals surface area contributed by atoms with Crippen LogP contribution in [0.5, 0.6) is 0 Å². The highest BCUT2D eigenvalue weighted by atomic mass is 15.1. The van der Waals surface area contributed by atoms with Gasteiger partial charge >= 0.3 is 0 Å². The maximum Gasteiger partial charge on any atom is 0.0726 e. The summed E-state index contributed by atoms with van der Waals surface area (Å²) >= 11 is 0. The van der Waals surface area contributed by atoms with E-state index in [1.54, 1.807) is 0 Å². The largest absolute Gasteiger partial charge is 0.310 e. The fourth-order valence-electron chi connectivity index (χ4n) is 10.8. The summed E-state index contributed by atoms with van der Waals surface area (Å²) < 4.78 is 0. The molecular formula is C56H39N. The van der Waals surface area contributed by atoms with E-state index in [4.69, 9.17) is 0 Å². The molecule has 0 N–H and O–H groups in total. The lowest BCUT2D eigenvalue weighted by molar-refractivity contribution is 0.660. The number of rotatable bonds is 4. The van der Waals surface area contributed by atoms with E-state index in [0.717, 1.165) is 11.4 Å². The first-order valence-corrected chi connectivity index (χ1v) is 20.1. The van der Waals surface area contributed by atoms with Crippen LogP contribution in [-0.4, -0.2) is 0 Å². The summed E-state index contributed by atoms with van der Waals surface area (Å²) in [7, 11) is 0. The first kappa shape index (κ1) is 32.3. The lowest BCUT2D eigenvalue weighted by Crippen LogP contribution is -2.26. The topological polar surface area (TPSA) is 3.24 Å². The molecule has 0 aromatic heterocycles. The standard InChI is InChI=1S/C56H39N/c1-55(2)47-23-9-5-19-42(47)45-32-31-41(35-52(45)55)57(40-18-13-17-38(34-40)39-30-29-36-15-3-4-16-37(36)33-39)53-28-14-27-51-54(53)46-22-8-12-26-50(46)56(51)48-24-10-6-20-43(48)44-21-7-11-25-49(44)56/h3-35H,1-2H3. The van der Waals surface area contributed by atoms with E-state index in [2.05, 4.69) is 219 Å². The molecule has 0 atom stereocenters. The van der Waals surface area contributed by atoms with Gasteiger partial charge in [0.05, 0.1) is 11.1 Å². The Morgan fingerprint density at radius 2 is 0.860 bits per heavy atom. The molecule has 0 aliphatic heterocycles. The molecule has 12 rings (SSSR count). The summed E-state index contributed by atoms with van der Waals surface area (Å²) in [5.41, 5.74) is 21.4. The molecule has 9 aromatic rings. The number of hydrogen-bond donors (Lipinski definition) is 0. The van der Waals surface area contributed by atoms with Gasteiger partial charge in [-0.1, -0.05) is 178 Å². The van der Waals surface area contributed by atoms with Gasteiger partial charge in [-0.2, -0.15) is 0 Å². The number of hydrogen-bond acceptors (Lipinski definition) is 1. The van der Waals surface area contributed by atoms with E-state index < -0.39 is 5.41 Å². The summed E-state index contributed by atoms with van der Waals surface area (Å²) in [6, 6.07) is 75.0. The van der Waals surface area contributed by atoms with Crippen molar-refractivity contribution >= 4 is 27.8 Å². The van der Waals surface area contributed by atoms with Gasteiger partial charge in [0.2, 0.25) is 0 Å². The minimum absolute atomic E-state index is 0.132. The smallest absolute Gasteiger partial charge is 0.0726 e. The molecule has 1 heteroatoms. The lowest BCUT2D eigenvalue weighted by atomic mass is 9.70. The Bertz CT molecular complexity index is 3080. The molecule has 0 saturated heterocycles. The van der Waals surface area contributed by atoms with Gasteiger partial charge in [0.15, 0.2) is 0 Å². The average Bonchev–Trinajstić information content (AvgIpc) is 3.83. The van der Waals surface area contributed by atoms with Crippen molar-refractivity contribution in [2.24, 2.45) is 0 Å². The Morgan fingerprint density at radius 3 is 1.60 bits per heavy atom. The van der Waals surface area contributed by atoms with Gasteiger partial charge in [-0.25, -0.2) is 0 Å². The second-order valence-corrected chi connectivity index (χ2v) is 16.4. The van der Waals surface area contributed by atoms with Crippen molar-refractivity contribution in [1.82, 2.24) is 0 Å². The van der Waals surface area contributed by atoms with Crippen LogP contribution < -0.4 is 4.90 Å². The molecule has 0 saturated carbocycles. The molecule has 0 amide bonds. The van der Waals surface area contributed by atoms with Crippen LogP contribution in [0.4, 0.5) is 17.1 Å². The van der Waals surface area contributed by atoms with Crippen molar-refractivity contribution in [2.75, 3.05) is 4.90 Å². The van der Waals surface area contributed by atoms with Crippen molar-refractivity contribution in [2.45, 2.75) is 24.7 Å². The Balaban J connectivity index is 1.13. The number of anilines is 3. The van der Waals surface area contributed by atoms with Gasteiger partial charge in [-0.05, 0) is 119 Å². The van der Waals surface area contributed by atoms with Crippen LogP contribution in [0.1, 0.15) is 47.2 Å². The maximum absolute atomic E-state index is 2.53. The summed E-state index contributed by atoms with van der Waals surface area (Å²) in [5.74, 6) is 0. The predicted octanol–water partition coefficient (Wildman–Crippen LogP) is 14.6. The third-order valence-corrected chi connectivity index (χ3v) is 13.3. The molecule has 0 fully saturated rings. The van der Waals surface area contributed by atoms with Crippen LogP contribution >= 0.6 is 0 Å². The molecule has 0 bridgehead atoms. The molecule has 3 aliphatic carbocycles. The van der Waals surface area contributed by atoms with Crippen LogP contribution in [0.2, 0.25) is 0 Å². The highest BCUT2D eigenvalue weighted by Crippen LogP contribution is 2.65. The van der Waals surface area contributed by atoms with E-state index in [1.165, 1.54) is 94.3 Å². The predicted molar refractivity (Wildman–Crippen MR) is 238 cm³/mol. The van der Waals surface area contributed by atoms with Crippen molar-refractivity contribution in [1.29, 1.82) is 0 Å². The summed E-state index contributed by atoms with van der Waals surface area (Å²) in [6.07, 6.45) is 0. The second-order valence-electron chi connectivity index (χ2n) is 16.4.